The van der Waals surface area contributed by atoms with Crippen molar-refractivity contribution in [3.63, 3.8) is 0 Å². The van der Waals surface area contributed by atoms with E-state index in [1.165, 1.54) is 0 Å². The third kappa shape index (κ3) is 4.53. The number of hydrogen-bond donors (Lipinski definition) is 0. The Bertz CT molecular complexity index is 1250. The molecule has 1 unspecified atom stereocenters. The molecule has 1 aliphatic rings. The van der Waals surface area contributed by atoms with Crippen molar-refractivity contribution in [2.45, 2.75) is 20.0 Å². The summed E-state index contributed by atoms with van der Waals surface area (Å²) in [5, 5.41) is 2.07. The molecule has 0 radical (unpaired) electrons. The lowest BCUT2D eigenvalue weighted by Crippen LogP contribution is -2.25. The van der Waals surface area contributed by atoms with Crippen LogP contribution in [0.4, 0.5) is 0 Å². The molecule has 0 amide bonds. The summed E-state index contributed by atoms with van der Waals surface area (Å²) < 4.78 is 17.7. The van der Waals surface area contributed by atoms with Gasteiger partial charge in [0.15, 0.2) is 6.10 Å². The van der Waals surface area contributed by atoms with Gasteiger partial charge in [-0.3, -0.25) is 0 Å². The normalized spacial score (nSPS) is 15.9. The minimum absolute atomic E-state index is 0.0855. The standard InChI is InChI=1S/C27H23IO5/c1-3-31-26(29)22-21(18-12-6-5-7-13-18)23(28)24(33-25(22)27(30)32-4-2)20-16-10-14-17-11-8-9-15-19(17)20/h5-16,24H,3-4H2,1-2H3. The number of carbonyl (C=O) groups excluding carboxylic acids is 2. The van der Waals surface area contributed by atoms with Crippen molar-refractivity contribution in [2.24, 2.45) is 0 Å². The van der Waals surface area contributed by atoms with Gasteiger partial charge in [0, 0.05) is 14.7 Å². The molecule has 0 fully saturated rings. The zero-order valence-electron chi connectivity index (χ0n) is 18.3. The Kier molecular flexibility index (Phi) is 7.13. The molecule has 4 rings (SSSR count). The first kappa shape index (κ1) is 23.0. The minimum Gasteiger partial charge on any atom is -0.472 e. The van der Waals surface area contributed by atoms with Gasteiger partial charge in [0.1, 0.15) is 5.57 Å². The second-order valence-corrected chi connectivity index (χ2v) is 8.46. The summed E-state index contributed by atoms with van der Waals surface area (Å²) in [5.41, 5.74) is 2.39. The zero-order chi connectivity index (χ0) is 23.4. The van der Waals surface area contributed by atoms with Crippen LogP contribution in [0.1, 0.15) is 31.1 Å². The highest BCUT2D eigenvalue weighted by Gasteiger charge is 2.39. The largest absolute Gasteiger partial charge is 0.472 e. The summed E-state index contributed by atoms with van der Waals surface area (Å²) in [4.78, 5) is 26.1. The highest BCUT2D eigenvalue weighted by Crippen LogP contribution is 2.47. The molecule has 0 N–H and O–H groups in total. The molecule has 6 heteroatoms. The Morgan fingerprint density at radius 3 is 2.21 bits per heavy atom. The maximum Gasteiger partial charge on any atom is 0.374 e. The highest BCUT2D eigenvalue weighted by molar-refractivity contribution is 14.1. The lowest BCUT2D eigenvalue weighted by atomic mass is 9.90. The fraction of sp³-hybridized carbons (Fsp3) is 0.185. The minimum atomic E-state index is -0.692. The van der Waals surface area contributed by atoms with Crippen molar-refractivity contribution in [3.8, 4) is 0 Å². The van der Waals surface area contributed by atoms with E-state index in [-0.39, 0.29) is 24.5 Å². The average molecular weight is 554 g/mol. The molecular formula is C27H23IO5. The summed E-state index contributed by atoms with van der Waals surface area (Å²) in [6, 6.07) is 23.5. The summed E-state index contributed by atoms with van der Waals surface area (Å²) >= 11 is 2.21. The molecule has 0 saturated heterocycles. The predicted octanol–water partition coefficient (Wildman–Crippen LogP) is 6.14. The van der Waals surface area contributed by atoms with Crippen LogP contribution in [0.2, 0.25) is 0 Å². The van der Waals surface area contributed by atoms with Crippen LogP contribution in [-0.2, 0) is 23.8 Å². The first-order valence-electron chi connectivity index (χ1n) is 10.7. The van der Waals surface area contributed by atoms with Gasteiger partial charge in [-0.2, -0.15) is 0 Å². The SMILES string of the molecule is CCOC(=O)C1=C(C(=O)OCC)C(c2ccccc2)=C(I)C(c2cccc3ccccc23)O1. The lowest BCUT2D eigenvalue weighted by Gasteiger charge is -2.30. The van der Waals surface area contributed by atoms with E-state index in [4.69, 9.17) is 14.2 Å². The first-order valence-corrected chi connectivity index (χ1v) is 11.8. The number of fused-ring (bicyclic) bond motifs is 1. The smallest absolute Gasteiger partial charge is 0.374 e. The Labute approximate surface area is 206 Å². The van der Waals surface area contributed by atoms with Crippen LogP contribution in [0.25, 0.3) is 16.3 Å². The molecule has 33 heavy (non-hydrogen) atoms. The van der Waals surface area contributed by atoms with E-state index in [9.17, 15) is 9.59 Å². The van der Waals surface area contributed by atoms with E-state index in [0.717, 1.165) is 25.5 Å². The van der Waals surface area contributed by atoms with E-state index in [0.29, 0.717) is 5.57 Å². The molecular weight excluding hydrogens is 531 g/mol. The summed E-state index contributed by atoms with van der Waals surface area (Å²) in [7, 11) is 0. The lowest BCUT2D eigenvalue weighted by molar-refractivity contribution is -0.145. The number of esters is 2. The van der Waals surface area contributed by atoms with E-state index in [2.05, 4.69) is 22.6 Å². The van der Waals surface area contributed by atoms with E-state index in [1.807, 2.05) is 72.8 Å². The van der Waals surface area contributed by atoms with E-state index in [1.54, 1.807) is 13.8 Å². The van der Waals surface area contributed by atoms with Crippen molar-refractivity contribution in [3.05, 3.63) is 98.8 Å². The van der Waals surface area contributed by atoms with Crippen LogP contribution in [0.15, 0.2) is 87.7 Å². The van der Waals surface area contributed by atoms with Crippen LogP contribution >= 0.6 is 22.6 Å². The number of halogens is 1. The second-order valence-electron chi connectivity index (χ2n) is 7.30. The van der Waals surface area contributed by atoms with Gasteiger partial charge in [0.25, 0.3) is 0 Å². The third-order valence-electron chi connectivity index (χ3n) is 5.29. The zero-order valence-corrected chi connectivity index (χ0v) is 20.5. The maximum atomic E-state index is 13.1. The second kappa shape index (κ2) is 10.2. The van der Waals surface area contributed by atoms with Crippen molar-refractivity contribution < 1.29 is 23.8 Å². The third-order valence-corrected chi connectivity index (χ3v) is 6.40. The molecule has 1 heterocycles. The van der Waals surface area contributed by atoms with Gasteiger partial charge in [-0.15, -0.1) is 0 Å². The number of rotatable bonds is 6. The van der Waals surface area contributed by atoms with Crippen molar-refractivity contribution in [1.29, 1.82) is 0 Å². The Hall–Kier alpha value is -3.13. The van der Waals surface area contributed by atoms with Crippen LogP contribution in [0.3, 0.4) is 0 Å². The fourth-order valence-electron chi connectivity index (χ4n) is 3.90. The van der Waals surface area contributed by atoms with Crippen LogP contribution in [0, 0.1) is 0 Å². The topological polar surface area (TPSA) is 61.8 Å². The fourth-order valence-corrected chi connectivity index (χ4v) is 4.95. The summed E-state index contributed by atoms with van der Waals surface area (Å²) in [6.07, 6.45) is -0.593. The van der Waals surface area contributed by atoms with Gasteiger partial charge in [0.2, 0.25) is 5.76 Å². The number of carbonyl (C=O) groups is 2. The van der Waals surface area contributed by atoms with Crippen molar-refractivity contribution in [1.82, 2.24) is 0 Å². The molecule has 3 aromatic carbocycles. The van der Waals surface area contributed by atoms with E-state index < -0.39 is 18.0 Å². The quantitative estimate of drug-likeness (QED) is 0.271. The average Bonchev–Trinajstić information content (AvgIpc) is 2.84. The predicted molar refractivity (Wildman–Crippen MR) is 135 cm³/mol. The number of ether oxygens (including phenoxy) is 3. The van der Waals surface area contributed by atoms with Gasteiger partial charge >= 0.3 is 11.9 Å². The molecule has 0 saturated carbocycles. The van der Waals surface area contributed by atoms with Gasteiger partial charge in [-0.1, -0.05) is 72.8 Å². The van der Waals surface area contributed by atoms with Gasteiger partial charge in [-0.25, -0.2) is 9.59 Å². The number of hydrogen-bond acceptors (Lipinski definition) is 5. The Morgan fingerprint density at radius 2 is 1.48 bits per heavy atom. The molecule has 0 spiro atoms. The molecule has 5 nitrogen and oxygen atoms in total. The van der Waals surface area contributed by atoms with Crippen LogP contribution in [0.5, 0.6) is 0 Å². The Morgan fingerprint density at radius 1 is 0.848 bits per heavy atom. The van der Waals surface area contributed by atoms with Crippen LogP contribution in [-0.4, -0.2) is 25.2 Å². The van der Waals surface area contributed by atoms with E-state index >= 15 is 0 Å². The van der Waals surface area contributed by atoms with Gasteiger partial charge in [0.05, 0.1) is 13.2 Å². The molecule has 0 bridgehead atoms. The highest BCUT2D eigenvalue weighted by atomic mass is 127. The Balaban J connectivity index is 1.99. The monoisotopic (exact) mass is 554 g/mol. The number of benzene rings is 3. The van der Waals surface area contributed by atoms with Gasteiger partial charge in [-0.05, 0) is 52.8 Å². The summed E-state index contributed by atoms with van der Waals surface area (Å²) in [5.74, 6) is -1.44. The molecule has 1 aliphatic heterocycles. The molecule has 0 aliphatic carbocycles. The molecule has 1 atom stereocenters. The maximum absolute atomic E-state index is 13.1. The molecule has 3 aromatic rings. The van der Waals surface area contributed by atoms with Crippen molar-refractivity contribution in [2.75, 3.05) is 13.2 Å². The summed E-state index contributed by atoms with van der Waals surface area (Å²) in [6.45, 7) is 3.76. The van der Waals surface area contributed by atoms with Crippen LogP contribution < -0.4 is 0 Å². The first-order chi connectivity index (χ1) is 16.1. The van der Waals surface area contributed by atoms with Gasteiger partial charge < -0.3 is 14.2 Å². The van der Waals surface area contributed by atoms with Crippen molar-refractivity contribution >= 4 is 50.9 Å². The molecule has 0 aromatic heterocycles. The molecule has 168 valence electrons.